The van der Waals surface area contributed by atoms with Crippen LogP contribution in [0.5, 0.6) is 0 Å². The normalized spacial score (nSPS) is 12.0. The van der Waals surface area contributed by atoms with Crippen molar-refractivity contribution in [1.82, 2.24) is 25.6 Å². The van der Waals surface area contributed by atoms with E-state index in [2.05, 4.69) is 20.9 Å². The first-order chi connectivity index (χ1) is 18.2. The molecule has 0 fully saturated rings. The fourth-order valence-electron chi connectivity index (χ4n) is 3.66. The van der Waals surface area contributed by atoms with Gasteiger partial charge in [-0.25, -0.2) is 15.1 Å². The number of Topliss-reactive ketones (excluding diaryl/α,β-unsaturated/α-hetero) is 1. The quantitative estimate of drug-likeness (QED) is 0.262. The third kappa shape index (κ3) is 6.77. The number of pyridine rings is 1. The molecule has 0 unspecified atom stereocenters. The Morgan fingerprint density at radius 3 is 2.29 bits per heavy atom. The van der Waals surface area contributed by atoms with Crippen LogP contribution >= 0.6 is 0 Å². The minimum absolute atomic E-state index is 0.115. The van der Waals surface area contributed by atoms with E-state index < -0.39 is 29.2 Å². The Hall–Kier alpha value is -4.63. The largest absolute Gasteiger partial charge is 0.341 e. The van der Waals surface area contributed by atoms with Crippen molar-refractivity contribution in [3.05, 3.63) is 102 Å². The topological polar surface area (TPSA) is 115 Å². The van der Waals surface area contributed by atoms with Crippen molar-refractivity contribution >= 4 is 17.6 Å². The number of nitrogens with one attached hydrogen (secondary N) is 2. The smallest absolute Gasteiger partial charge is 0.313 e. The van der Waals surface area contributed by atoms with Crippen LogP contribution in [0.25, 0.3) is 17.1 Å². The van der Waals surface area contributed by atoms with Crippen molar-refractivity contribution in [1.29, 1.82) is 0 Å². The summed E-state index contributed by atoms with van der Waals surface area (Å²) in [4.78, 5) is 48.8. The molecule has 2 N–H and O–H groups in total. The fourth-order valence-corrected chi connectivity index (χ4v) is 3.66. The van der Waals surface area contributed by atoms with E-state index in [1.54, 1.807) is 45.3 Å². The number of carbonyl (C=O) groups is 3. The third-order valence-corrected chi connectivity index (χ3v) is 5.49. The number of carbonyl (C=O) groups excluding carboxylic acids is 3. The lowest BCUT2D eigenvalue weighted by Crippen LogP contribution is -2.49. The highest BCUT2D eigenvalue weighted by molar-refractivity contribution is 6.38. The predicted molar refractivity (Wildman–Crippen MR) is 142 cm³/mol. The van der Waals surface area contributed by atoms with Gasteiger partial charge in [0.1, 0.15) is 6.04 Å². The van der Waals surface area contributed by atoms with E-state index in [0.29, 0.717) is 5.82 Å². The van der Waals surface area contributed by atoms with Crippen LogP contribution in [-0.4, -0.2) is 44.0 Å². The molecule has 2 aromatic carbocycles. The first-order valence-electron chi connectivity index (χ1n) is 12.1. The molecule has 9 nitrogen and oxygen atoms in total. The number of hydroxylamine groups is 1. The van der Waals surface area contributed by atoms with Crippen LogP contribution in [-0.2, 0) is 20.8 Å². The van der Waals surface area contributed by atoms with E-state index in [0.717, 1.165) is 16.8 Å². The van der Waals surface area contributed by atoms with Gasteiger partial charge in [-0.15, -0.1) is 0 Å². The van der Waals surface area contributed by atoms with Gasteiger partial charge in [-0.3, -0.25) is 19.2 Å². The van der Waals surface area contributed by atoms with E-state index in [9.17, 15) is 14.4 Å². The van der Waals surface area contributed by atoms with Gasteiger partial charge in [0.05, 0.1) is 16.9 Å². The van der Waals surface area contributed by atoms with Crippen molar-refractivity contribution in [2.24, 2.45) is 0 Å². The van der Waals surface area contributed by atoms with Crippen LogP contribution in [0.2, 0.25) is 0 Å². The van der Waals surface area contributed by atoms with Crippen LogP contribution in [0.3, 0.4) is 0 Å². The molecule has 0 aliphatic carbocycles. The summed E-state index contributed by atoms with van der Waals surface area (Å²) in [5.41, 5.74) is 4.12. The zero-order valence-corrected chi connectivity index (χ0v) is 21.4. The van der Waals surface area contributed by atoms with Crippen LogP contribution in [0, 0.1) is 0 Å². The summed E-state index contributed by atoms with van der Waals surface area (Å²) in [6.07, 6.45) is 3.38. The maximum atomic E-state index is 13.5. The molecule has 4 aromatic rings. The Morgan fingerprint density at radius 1 is 0.921 bits per heavy atom. The SMILES string of the molecule is CC(C)(C)ONC(=O)C(=O)[C@H](Cc1ccccc1)NC(=O)c1cccnc1-n1ccc(-c2ccccc2)n1. The van der Waals surface area contributed by atoms with Gasteiger partial charge in [0.15, 0.2) is 5.82 Å². The Balaban J connectivity index is 1.59. The van der Waals surface area contributed by atoms with Gasteiger partial charge in [0.2, 0.25) is 5.78 Å². The summed E-state index contributed by atoms with van der Waals surface area (Å²) in [7, 11) is 0. The monoisotopic (exact) mass is 511 g/mol. The molecule has 2 amide bonds. The molecule has 2 aromatic heterocycles. The third-order valence-electron chi connectivity index (χ3n) is 5.49. The molecule has 1 atom stereocenters. The molecule has 0 aliphatic heterocycles. The number of hydrogen-bond donors (Lipinski definition) is 2. The second-order valence-corrected chi connectivity index (χ2v) is 9.61. The highest BCUT2D eigenvalue weighted by Crippen LogP contribution is 2.19. The molecule has 0 saturated heterocycles. The zero-order valence-electron chi connectivity index (χ0n) is 21.4. The Bertz CT molecular complexity index is 1410. The first kappa shape index (κ1) is 26.4. The van der Waals surface area contributed by atoms with Crippen molar-refractivity contribution in [2.75, 3.05) is 0 Å². The van der Waals surface area contributed by atoms with Crippen molar-refractivity contribution in [3.8, 4) is 17.1 Å². The van der Waals surface area contributed by atoms with Gasteiger partial charge in [0, 0.05) is 24.4 Å². The molecule has 0 bridgehead atoms. The minimum atomic E-state index is -1.14. The summed E-state index contributed by atoms with van der Waals surface area (Å²) in [6.45, 7) is 5.22. The molecule has 2 heterocycles. The summed E-state index contributed by atoms with van der Waals surface area (Å²) < 4.78 is 1.51. The van der Waals surface area contributed by atoms with Gasteiger partial charge in [0.25, 0.3) is 5.91 Å². The van der Waals surface area contributed by atoms with Gasteiger partial charge < -0.3 is 5.32 Å². The van der Waals surface area contributed by atoms with E-state index >= 15 is 0 Å². The number of hydrogen-bond acceptors (Lipinski definition) is 6. The van der Waals surface area contributed by atoms with Crippen LogP contribution < -0.4 is 10.8 Å². The Morgan fingerprint density at radius 2 is 1.61 bits per heavy atom. The van der Waals surface area contributed by atoms with E-state index in [-0.39, 0.29) is 12.0 Å². The first-order valence-corrected chi connectivity index (χ1v) is 12.1. The lowest BCUT2D eigenvalue weighted by molar-refractivity contribution is -0.154. The summed E-state index contributed by atoms with van der Waals surface area (Å²) in [5, 5.41) is 7.30. The van der Waals surface area contributed by atoms with Crippen molar-refractivity contribution < 1.29 is 19.2 Å². The standard InChI is InChI=1S/C29H29N5O4/c1-29(2,3)38-33-28(37)25(35)24(19-20-11-6-4-7-12-20)31-27(36)22-15-10-17-30-26(22)34-18-16-23(32-34)21-13-8-5-9-14-21/h4-18,24H,19H2,1-3H3,(H,31,36)(H,33,37)/t24-/m0/s1. The number of rotatable bonds is 9. The van der Waals surface area contributed by atoms with E-state index in [4.69, 9.17) is 4.84 Å². The highest BCUT2D eigenvalue weighted by atomic mass is 16.7. The molecule has 0 saturated carbocycles. The molecule has 0 spiro atoms. The van der Waals surface area contributed by atoms with Crippen molar-refractivity contribution in [3.63, 3.8) is 0 Å². The molecule has 38 heavy (non-hydrogen) atoms. The Kier molecular flexibility index (Phi) is 8.08. The second-order valence-electron chi connectivity index (χ2n) is 9.61. The van der Waals surface area contributed by atoms with Crippen LogP contribution in [0.15, 0.2) is 91.3 Å². The summed E-state index contributed by atoms with van der Waals surface area (Å²) in [5.74, 6) is -2.06. The molecular formula is C29H29N5O4. The molecule has 0 aliphatic rings. The van der Waals surface area contributed by atoms with Crippen molar-refractivity contribution in [2.45, 2.75) is 38.8 Å². The number of amides is 2. The number of benzene rings is 2. The van der Waals surface area contributed by atoms with Gasteiger partial charge >= 0.3 is 5.91 Å². The minimum Gasteiger partial charge on any atom is -0.341 e. The molecule has 4 rings (SSSR count). The predicted octanol–water partition coefficient (Wildman–Crippen LogP) is 3.69. The van der Waals surface area contributed by atoms with Crippen LogP contribution in [0.4, 0.5) is 0 Å². The van der Waals surface area contributed by atoms with Gasteiger partial charge in [-0.2, -0.15) is 5.10 Å². The van der Waals surface area contributed by atoms with E-state index in [1.807, 2.05) is 66.7 Å². The second kappa shape index (κ2) is 11.6. The molecule has 0 radical (unpaired) electrons. The zero-order chi connectivity index (χ0) is 27.1. The summed E-state index contributed by atoms with van der Waals surface area (Å²) >= 11 is 0. The average molecular weight is 512 g/mol. The number of nitrogens with zero attached hydrogens (tertiary/aromatic N) is 3. The van der Waals surface area contributed by atoms with Crippen LogP contribution in [0.1, 0.15) is 36.7 Å². The molecule has 194 valence electrons. The van der Waals surface area contributed by atoms with E-state index in [1.165, 1.54) is 4.68 Å². The summed E-state index contributed by atoms with van der Waals surface area (Å²) in [6, 6.07) is 22.7. The highest BCUT2D eigenvalue weighted by Gasteiger charge is 2.30. The lowest BCUT2D eigenvalue weighted by atomic mass is 10.0. The van der Waals surface area contributed by atoms with Gasteiger partial charge in [-0.1, -0.05) is 60.7 Å². The number of ketones is 1. The molecular weight excluding hydrogens is 482 g/mol. The maximum absolute atomic E-state index is 13.5. The number of aromatic nitrogens is 3. The molecule has 9 heteroatoms. The maximum Gasteiger partial charge on any atom is 0.313 e. The average Bonchev–Trinajstić information content (AvgIpc) is 3.42. The fraction of sp³-hybridized carbons (Fsp3) is 0.207. The lowest BCUT2D eigenvalue weighted by Gasteiger charge is -2.21. The Labute approximate surface area is 220 Å². The van der Waals surface area contributed by atoms with Gasteiger partial charge in [-0.05, 0) is 44.5 Å².